The molecule has 5 nitrogen and oxygen atoms in total. The zero-order valence-corrected chi connectivity index (χ0v) is 16.8. The van der Waals surface area contributed by atoms with E-state index in [9.17, 15) is 4.79 Å². The molecule has 2 aromatic rings. The van der Waals surface area contributed by atoms with Crippen LogP contribution in [0.15, 0.2) is 48.1 Å². The van der Waals surface area contributed by atoms with Crippen LogP contribution >= 0.6 is 11.8 Å². The lowest BCUT2D eigenvalue weighted by atomic mass is 9.89. The molecule has 0 saturated heterocycles. The topological polar surface area (TPSA) is 59.8 Å². The predicted molar refractivity (Wildman–Crippen MR) is 110 cm³/mol. The number of nitrogens with zero attached hydrogens (tertiary/aromatic N) is 3. The largest absolute Gasteiger partial charge is 0.349 e. The molecule has 1 saturated carbocycles. The monoisotopic (exact) mass is 384 g/mol. The molecule has 27 heavy (non-hydrogen) atoms. The Balaban J connectivity index is 1.60. The summed E-state index contributed by atoms with van der Waals surface area (Å²) in [6.45, 7) is 6.55. The zero-order chi connectivity index (χ0) is 19.1. The second-order valence-electron chi connectivity index (χ2n) is 7.06. The van der Waals surface area contributed by atoms with Gasteiger partial charge < -0.3 is 9.88 Å². The second-order valence-corrected chi connectivity index (χ2v) is 8.01. The summed E-state index contributed by atoms with van der Waals surface area (Å²) in [6, 6.07) is 9.98. The van der Waals surface area contributed by atoms with Gasteiger partial charge in [-0.1, -0.05) is 67.4 Å². The molecule has 0 bridgehead atoms. The van der Waals surface area contributed by atoms with E-state index in [4.69, 9.17) is 0 Å². The van der Waals surface area contributed by atoms with E-state index >= 15 is 0 Å². The highest BCUT2D eigenvalue weighted by molar-refractivity contribution is 7.99. The molecule has 1 fully saturated rings. The highest BCUT2D eigenvalue weighted by atomic mass is 32.2. The average molecular weight is 385 g/mol. The van der Waals surface area contributed by atoms with Crippen LogP contribution in [0.1, 0.15) is 62.4 Å². The van der Waals surface area contributed by atoms with Crippen LogP contribution in [0.2, 0.25) is 0 Å². The van der Waals surface area contributed by atoms with Gasteiger partial charge in [-0.05, 0) is 25.3 Å². The molecule has 1 amide bonds. The summed E-state index contributed by atoms with van der Waals surface area (Å²) in [5.74, 6) is 1.86. The minimum atomic E-state index is -0.0110. The number of carbonyl (C=O) groups excluding carboxylic acids is 1. The van der Waals surface area contributed by atoms with Gasteiger partial charge in [0.25, 0.3) is 0 Å². The fourth-order valence-electron chi connectivity index (χ4n) is 3.61. The summed E-state index contributed by atoms with van der Waals surface area (Å²) >= 11 is 1.45. The molecule has 0 aliphatic heterocycles. The molecular formula is C21H28N4OS. The third-order valence-electron chi connectivity index (χ3n) is 5.04. The summed E-state index contributed by atoms with van der Waals surface area (Å²) in [5.41, 5.74) is 1.10. The Morgan fingerprint density at radius 2 is 2.04 bits per heavy atom. The quantitative estimate of drug-likeness (QED) is 0.538. The van der Waals surface area contributed by atoms with E-state index in [1.807, 2.05) is 43.3 Å². The van der Waals surface area contributed by atoms with Crippen molar-refractivity contribution in [2.45, 2.75) is 62.7 Å². The molecule has 144 valence electrons. The Morgan fingerprint density at radius 1 is 1.30 bits per heavy atom. The van der Waals surface area contributed by atoms with Crippen molar-refractivity contribution < 1.29 is 4.79 Å². The minimum absolute atomic E-state index is 0.00345. The third-order valence-corrected chi connectivity index (χ3v) is 6.00. The lowest BCUT2D eigenvalue weighted by molar-refractivity contribution is -0.119. The number of nitrogens with one attached hydrogen (secondary N) is 1. The number of benzene rings is 1. The third kappa shape index (κ3) is 5.22. The van der Waals surface area contributed by atoms with Crippen LogP contribution in [0.4, 0.5) is 0 Å². The van der Waals surface area contributed by atoms with Crippen LogP contribution in [0.25, 0.3) is 0 Å². The first kappa shape index (κ1) is 19.7. The van der Waals surface area contributed by atoms with Crippen LogP contribution in [0, 0.1) is 0 Å². The molecule has 1 aromatic carbocycles. The number of allylic oxidation sites excluding steroid dienone is 1. The van der Waals surface area contributed by atoms with E-state index in [2.05, 4.69) is 26.7 Å². The fourth-order valence-corrected chi connectivity index (χ4v) is 4.37. The van der Waals surface area contributed by atoms with E-state index in [0.29, 0.717) is 18.2 Å². The first-order chi connectivity index (χ1) is 13.2. The van der Waals surface area contributed by atoms with Crippen LogP contribution in [0.5, 0.6) is 0 Å². The van der Waals surface area contributed by atoms with Crippen molar-refractivity contribution >= 4 is 17.7 Å². The summed E-state index contributed by atoms with van der Waals surface area (Å²) < 4.78 is 2.13. The molecule has 6 heteroatoms. The summed E-state index contributed by atoms with van der Waals surface area (Å²) in [6.07, 6.45) is 8.05. The smallest absolute Gasteiger partial charge is 0.230 e. The van der Waals surface area contributed by atoms with Gasteiger partial charge in [-0.15, -0.1) is 16.8 Å². The highest BCUT2D eigenvalue weighted by Crippen LogP contribution is 2.33. The Hall–Kier alpha value is -2.08. The van der Waals surface area contributed by atoms with Crippen LogP contribution in [-0.2, 0) is 11.3 Å². The van der Waals surface area contributed by atoms with Crippen molar-refractivity contribution in [1.29, 1.82) is 0 Å². The maximum absolute atomic E-state index is 12.4. The fraction of sp³-hybridized carbons (Fsp3) is 0.476. The molecule has 1 aliphatic rings. The molecule has 1 N–H and O–H groups in total. The summed E-state index contributed by atoms with van der Waals surface area (Å²) in [5, 5.41) is 12.7. The van der Waals surface area contributed by atoms with Crippen LogP contribution in [-0.4, -0.2) is 26.4 Å². The maximum atomic E-state index is 12.4. The van der Waals surface area contributed by atoms with Gasteiger partial charge in [-0.25, -0.2) is 0 Å². The normalized spacial score (nSPS) is 16.0. The summed E-state index contributed by atoms with van der Waals surface area (Å²) in [4.78, 5) is 12.4. The number of carbonyl (C=O) groups is 1. The van der Waals surface area contributed by atoms with Crippen molar-refractivity contribution in [3.63, 3.8) is 0 Å². The van der Waals surface area contributed by atoms with E-state index in [1.54, 1.807) is 0 Å². The van der Waals surface area contributed by atoms with E-state index in [0.717, 1.165) is 16.5 Å². The molecular weight excluding hydrogens is 356 g/mol. The minimum Gasteiger partial charge on any atom is -0.349 e. The lowest BCUT2D eigenvalue weighted by Gasteiger charge is -2.21. The molecule has 1 aromatic heterocycles. The molecule has 3 rings (SSSR count). The van der Waals surface area contributed by atoms with E-state index in [-0.39, 0.29) is 11.9 Å². The van der Waals surface area contributed by atoms with Gasteiger partial charge in [0, 0.05) is 12.5 Å². The SMILES string of the molecule is C=CCn1c(SCC(=O)NC(C)c2ccccc2)nnc1C1CCCCC1. The molecule has 1 aliphatic carbocycles. The first-order valence-electron chi connectivity index (χ1n) is 9.70. The number of hydrogen-bond acceptors (Lipinski definition) is 4. The molecule has 1 heterocycles. The number of rotatable bonds is 8. The van der Waals surface area contributed by atoms with Gasteiger partial charge in [-0.2, -0.15) is 0 Å². The van der Waals surface area contributed by atoms with Crippen molar-refractivity contribution in [3.05, 3.63) is 54.4 Å². The van der Waals surface area contributed by atoms with Crippen molar-refractivity contribution in [1.82, 2.24) is 20.1 Å². The van der Waals surface area contributed by atoms with Gasteiger partial charge in [0.2, 0.25) is 5.91 Å². The van der Waals surface area contributed by atoms with Crippen LogP contribution < -0.4 is 5.32 Å². The standard InChI is InChI=1S/C21H28N4OS/c1-3-14-25-20(18-12-8-5-9-13-18)23-24-21(25)27-15-19(26)22-16(2)17-10-6-4-7-11-17/h3-4,6-7,10-11,16,18H,1,5,8-9,12-15H2,2H3,(H,22,26). The number of hydrogen-bond donors (Lipinski definition) is 1. The predicted octanol–water partition coefficient (Wildman–Crippen LogP) is 4.48. The van der Waals surface area contributed by atoms with Crippen molar-refractivity contribution in [3.8, 4) is 0 Å². The number of amides is 1. The second kappa shape index (κ2) is 9.74. The van der Waals surface area contributed by atoms with Gasteiger partial charge in [0.15, 0.2) is 5.16 Å². The van der Waals surface area contributed by atoms with Gasteiger partial charge in [0.1, 0.15) is 5.82 Å². The zero-order valence-electron chi connectivity index (χ0n) is 15.9. The van der Waals surface area contributed by atoms with E-state index in [1.165, 1.54) is 43.9 Å². The Kier molecular flexibility index (Phi) is 7.10. The Labute approximate surface area is 165 Å². The van der Waals surface area contributed by atoms with Crippen molar-refractivity contribution in [2.75, 3.05) is 5.75 Å². The Bertz CT molecular complexity index is 753. The van der Waals surface area contributed by atoms with E-state index < -0.39 is 0 Å². The lowest BCUT2D eigenvalue weighted by Crippen LogP contribution is -2.28. The maximum Gasteiger partial charge on any atom is 0.230 e. The number of aromatic nitrogens is 3. The van der Waals surface area contributed by atoms with Crippen molar-refractivity contribution in [2.24, 2.45) is 0 Å². The van der Waals surface area contributed by atoms with Gasteiger partial charge in [-0.3, -0.25) is 4.79 Å². The average Bonchev–Trinajstić information content (AvgIpc) is 3.10. The van der Waals surface area contributed by atoms with Gasteiger partial charge >= 0.3 is 0 Å². The first-order valence-corrected chi connectivity index (χ1v) is 10.7. The summed E-state index contributed by atoms with van der Waals surface area (Å²) in [7, 11) is 0. The molecule has 1 unspecified atom stereocenters. The van der Waals surface area contributed by atoms with Gasteiger partial charge in [0.05, 0.1) is 11.8 Å². The molecule has 0 radical (unpaired) electrons. The highest BCUT2D eigenvalue weighted by Gasteiger charge is 2.23. The number of thioether (sulfide) groups is 1. The Morgan fingerprint density at radius 3 is 2.74 bits per heavy atom. The molecule has 1 atom stereocenters. The van der Waals surface area contributed by atoms with Crippen LogP contribution in [0.3, 0.4) is 0 Å². The molecule has 0 spiro atoms.